The van der Waals surface area contributed by atoms with Crippen LogP contribution in [0, 0.1) is 19.1 Å². The Balaban J connectivity index is 2.08. The number of hydrogen-bond acceptors (Lipinski definition) is 3. The Kier molecular flexibility index (Phi) is 5.30. The van der Waals surface area contributed by atoms with Crippen LogP contribution in [-0.2, 0) is 4.79 Å². The van der Waals surface area contributed by atoms with Crippen LogP contribution < -0.4 is 9.64 Å². The van der Waals surface area contributed by atoms with Crippen molar-refractivity contribution in [1.82, 2.24) is 0 Å². The van der Waals surface area contributed by atoms with Crippen molar-refractivity contribution in [3.63, 3.8) is 0 Å². The van der Waals surface area contributed by atoms with E-state index in [2.05, 4.69) is 14.4 Å². The van der Waals surface area contributed by atoms with Crippen molar-refractivity contribution in [2.75, 3.05) is 24.5 Å². The number of halogens is 3. The third kappa shape index (κ3) is 4.39. The first-order valence-corrected chi connectivity index (χ1v) is 7.22. The zero-order valence-electron chi connectivity index (χ0n) is 12.6. The van der Waals surface area contributed by atoms with Gasteiger partial charge in [0.15, 0.2) is 0 Å². The minimum absolute atomic E-state index is 0.0691. The summed E-state index contributed by atoms with van der Waals surface area (Å²) < 4.78 is 40.8. The maximum Gasteiger partial charge on any atom is 0.571 e. The van der Waals surface area contributed by atoms with Gasteiger partial charge in [0.25, 0.3) is 6.54 Å². The van der Waals surface area contributed by atoms with Crippen molar-refractivity contribution in [1.29, 1.82) is 0 Å². The number of carbonyl (C=O) groups is 1. The molecule has 0 unspecified atom stereocenters. The number of anilines is 1. The summed E-state index contributed by atoms with van der Waals surface area (Å²) in [5, 5.41) is 0. The molecule has 1 fully saturated rings. The number of alkyl halides is 3. The standard InChI is InChI=1S/C16H14F3N3O2/c1-20-10-14(23)11-5-7-22(8-6-11)12-3-4-15(13(9-12)21-2)24-16(17,18)19/h3-4,9,11H,5-8,10H2. The molecule has 1 aliphatic rings. The third-order valence-corrected chi connectivity index (χ3v) is 3.84. The number of benzene rings is 1. The molecule has 2 rings (SSSR count). The van der Waals surface area contributed by atoms with E-state index in [4.69, 9.17) is 13.1 Å². The summed E-state index contributed by atoms with van der Waals surface area (Å²) in [5.41, 5.74) is 0.405. The van der Waals surface area contributed by atoms with Crippen molar-refractivity contribution in [3.05, 3.63) is 41.0 Å². The lowest BCUT2D eigenvalue weighted by molar-refractivity contribution is -0.274. The number of rotatable bonds is 4. The van der Waals surface area contributed by atoms with Crippen molar-refractivity contribution >= 4 is 17.2 Å². The molecule has 1 saturated heterocycles. The lowest BCUT2D eigenvalue weighted by Crippen LogP contribution is -2.36. The van der Waals surface area contributed by atoms with Crippen LogP contribution in [0.25, 0.3) is 9.69 Å². The van der Waals surface area contributed by atoms with Crippen molar-refractivity contribution in [2.24, 2.45) is 5.92 Å². The first-order valence-electron chi connectivity index (χ1n) is 7.22. The van der Waals surface area contributed by atoms with E-state index in [1.807, 2.05) is 4.90 Å². The molecule has 0 radical (unpaired) electrons. The Morgan fingerprint density at radius 3 is 2.50 bits per heavy atom. The molecule has 0 N–H and O–H groups in total. The molecule has 1 heterocycles. The summed E-state index contributed by atoms with van der Waals surface area (Å²) in [6.07, 6.45) is -3.67. The summed E-state index contributed by atoms with van der Waals surface area (Å²) in [7, 11) is 0. The van der Waals surface area contributed by atoms with Gasteiger partial charge in [0.1, 0.15) is 5.75 Å². The monoisotopic (exact) mass is 337 g/mol. The Labute approximate surface area is 137 Å². The molecule has 0 aliphatic carbocycles. The minimum atomic E-state index is -4.84. The topological polar surface area (TPSA) is 38.3 Å². The van der Waals surface area contributed by atoms with Crippen molar-refractivity contribution < 1.29 is 22.7 Å². The molecule has 0 bridgehead atoms. The van der Waals surface area contributed by atoms with Crippen LogP contribution in [0.15, 0.2) is 18.2 Å². The summed E-state index contributed by atoms with van der Waals surface area (Å²) in [5.74, 6) is -0.743. The minimum Gasteiger partial charge on any atom is -0.418 e. The van der Waals surface area contributed by atoms with E-state index in [-0.39, 0.29) is 23.9 Å². The first-order chi connectivity index (χ1) is 11.3. The van der Waals surface area contributed by atoms with E-state index in [1.165, 1.54) is 12.1 Å². The Bertz CT molecular complexity index is 696. The number of Topliss-reactive ketones (excluding diaryl/α,β-unsaturated/α-hetero) is 1. The molecule has 0 atom stereocenters. The maximum absolute atomic E-state index is 12.3. The molecule has 126 valence electrons. The van der Waals surface area contributed by atoms with Gasteiger partial charge in [0, 0.05) is 24.7 Å². The number of ether oxygens (including phenoxy) is 1. The van der Waals surface area contributed by atoms with Gasteiger partial charge in [0.2, 0.25) is 11.5 Å². The molecule has 24 heavy (non-hydrogen) atoms. The Morgan fingerprint density at radius 2 is 1.96 bits per heavy atom. The molecule has 0 spiro atoms. The van der Waals surface area contributed by atoms with E-state index in [0.29, 0.717) is 31.6 Å². The van der Waals surface area contributed by atoms with Gasteiger partial charge in [-0.2, -0.15) is 0 Å². The van der Waals surface area contributed by atoms with Gasteiger partial charge in [-0.15, -0.1) is 13.2 Å². The predicted octanol–water partition coefficient (Wildman–Crippen LogP) is 3.84. The molecule has 0 aromatic heterocycles. The van der Waals surface area contributed by atoms with Crippen LogP contribution in [-0.4, -0.2) is 31.8 Å². The zero-order chi connectivity index (χ0) is 17.7. The van der Waals surface area contributed by atoms with Crippen molar-refractivity contribution in [3.8, 4) is 5.75 Å². The molecule has 0 amide bonds. The fourth-order valence-corrected chi connectivity index (χ4v) is 2.67. The molecule has 8 heteroatoms. The zero-order valence-corrected chi connectivity index (χ0v) is 12.6. The fraction of sp³-hybridized carbons (Fsp3) is 0.438. The highest BCUT2D eigenvalue weighted by Gasteiger charge is 2.32. The average molecular weight is 337 g/mol. The van der Waals surface area contributed by atoms with E-state index < -0.39 is 12.1 Å². The molecular weight excluding hydrogens is 323 g/mol. The highest BCUT2D eigenvalue weighted by Crippen LogP contribution is 2.36. The van der Waals surface area contributed by atoms with Crippen LogP contribution in [0.1, 0.15) is 12.8 Å². The number of hydrogen-bond donors (Lipinski definition) is 0. The fourth-order valence-electron chi connectivity index (χ4n) is 2.67. The van der Waals surface area contributed by atoms with Gasteiger partial charge >= 0.3 is 6.36 Å². The largest absolute Gasteiger partial charge is 0.571 e. The number of piperidine rings is 1. The SMILES string of the molecule is [C-]#[N+]CC(=O)C1CCN(c2ccc(OC(F)(F)F)c([N+]#[C-])c2)CC1. The van der Waals surface area contributed by atoms with Gasteiger partial charge in [-0.1, -0.05) is 0 Å². The Morgan fingerprint density at radius 1 is 1.29 bits per heavy atom. The summed E-state index contributed by atoms with van der Waals surface area (Å²) >= 11 is 0. The van der Waals surface area contributed by atoms with E-state index >= 15 is 0 Å². The third-order valence-electron chi connectivity index (χ3n) is 3.84. The normalized spacial score (nSPS) is 15.5. The van der Waals surface area contributed by atoms with Crippen LogP contribution in [0.2, 0.25) is 0 Å². The molecule has 0 saturated carbocycles. The van der Waals surface area contributed by atoms with Gasteiger partial charge in [0.05, 0.1) is 6.57 Å². The second-order valence-corrected chi connectivity index (χ2v) is 5.36. The quantitative estimate of drug-likeness (QED) is 0.784. The van der Waals surface area contributed by atoms with Crippen LogP contribution in [0.3, 0.4) is 0 Å². The molecule has 5 nitrogen and oxygen atoms in total. The molecule has 1 aromatic carbocycles. The molecule has 1 aromatic rings. The second kappa shape index (κ2) is 7.22. The van der Waals surface area contributed by atoms with Gasteiger partial charge in [-0.25, -0.2) is 11.4 Å². The lowest BCUT2D eigenvalue weighted by Gasteiger charge is -2.32. The highest BCUT2D eigenvalue weighted by atomic mass is 19.4. The molecular formula is C16H14F3N3O2. The highest BCUT2D eigenvalue weighted by molar-refractivity contribution is 5.84. The van der Waals surface area contributed by atoms with E-state index in [9.17, 15) is 18.0 Å². The van der Waals surface area contributed by atoms with E-state index in [0.717, 1.165) is 6.07 Å². The van der Waals surface area contributed by atoms with Gasteiger partial charge < -0.3 is 14.5 Å². The maximum atomic E-state index is 12.3. The summed E-state index contributed by atoms with van der Waals surface area (Å²) in [4.78, 5) is 19.8. The molecule has 1 aliphatic heterocycles. The summed E-state index contributed by atoms with van der Waals surface area (Å²) in [6.45, 7) is 14.7. The van der Waals surface area contributed by atoms with Crippen molar-refractivity contribution in [2.45, 2.75) is 19.2 Å². The van der Waals surface area contributed by atoms with E-state index in [1.54, 1.807) is 0 Å². The van der Waals surface area contributed by atoms with Gasteiger partial charge in [-0.05, 0) is 31.0 Å². The van der Waals surface area contributed by atoms with Crippen LogP contribution >= 0.6 is 0 Å². The van der Waals surface area contributed by atoms with Gasteiger partial charge in [-0.3, -0.25) is 4.79 Å². The number of ketones is 1. The first kappa shape index (κ1) is 17.6. The number of carbonyl (C=O) groups excluding carboxylic acids is 1. The summed E-state index contributed by atoms with van der Waals surface area (Å²) in [6, 6.07) is 3.96. The predicted molar refractivity (Wildman–Crippen MR) is 80.8 cm³/mol. The second-order valence-electron chi connectivity index (χ2n) is 5.36. The Hall–Kier alpha value is -2.74. The average Bonchev–Trinajstić information content (AvgIpc) is 2.54. The lowest BCUT2D eigenvalue weighted by atomic mass is 9.92. The number of nitrogens with zero attached hydrogens (tertiary/aromatic N) is 3. The van der Waals surface area contributed by atoms with Crippen LogP contribution in [0.5, 0.6) is 5.75 Å². The van der Waals surface area contributed by atoms with Crippen LogP contribution in [0.4, 0.5) is 24.5 Å². The smallest absolute Gasteiger partial charge is 0.418 e.